The van der Waals surface area contributed by atoms with Crippen LogP contribution in [-0.2, 0) is 4.79 Å². The minimum Gasteiger partial charge on any atom is -0.354 e. The summed E-state index contributed by atoms with van der Waals surface area (Å²) in [6, 6.07) is 7.58. The normalized spacial score (nSPS) is 12.1. The number of hydrogen-bond donors (Lipinski definition) is 3. The van der Waals surface area contributed by atoms with Crippen LogP contribution in [0.2, 0.25) is 0 Å². The van der Waals surface area contributed by atoms with E-state index in [1.807, 2.05) is 38.1 Å². The van der Waals surface area contributed by atoms with Gasteiger partial charge in [-0.1, -0.05) is 25.1 Å². The molecule has 0 saturated heterocycles. The molecule has 112 valence electrons. The summed E-state index contributed by atoms with van der Waals surface area (Å²) in [7, 11) is 0. The number of nitrogens with zero attached hydrogens (tertiary/aromatic N) is 1. The average molecular weight is 288 g/mol. The van der Waals surface area contributed by atoms with Crippen molar-refractivity contribution in [2.75, 3.05) is 6.54 Å². The van der Waals surface area contributed by atoms with Crippen molar-refractivity contribution in [3.8, 4) is 0 Å². The van der Waals surface area contributed by atoms with Gasteiger partial charge in [0.2, 0.25) is 5.91 Å². The molecule has 6 nitrogen and oxygen atoms in total. The van der Waals surface area contributed by atoms with Gasteiger partial charge >= 0.3 is 0 Å². The zero-order chi connectivity index (χ0) is 15.2. The van der Waals surface area contributed by atoms with Gasteiger partial charge in [-0.05, 0) is 19.4 Å². The van der Waals surface area contributed by atoms with Crippen LogP contribution in [0.5, 0.6) is 0 Å². The molecule has 21 heavy (non-hydrogen) atoms. The lowest BCUT2D eigenvalue weighted by molar-refractivity contribution is -0.121. The third-order valence-corrected chi connectivity index (χ3v) is 3.34. The van der Waals surface area contributed by atoms with Gasteiger partial charge in [0, 0.05) is 24.4 Å². The van der Waals surface area contributed by atoms with Gasteiger partial charge < -0.3 is 10.6 Å². The van der Waals surface area contributed by atoms with Crippen molar-refractivity contribution in [3.05, 3.63) is 30.0 Å². The van der Waals surface area contributed by atoms with Gasteiger partial charge in [0.25, 0.3) is 5.91 Å². The fourth-order valence-electron chi connectivity index (χ4n) is 1.96. The second kappa shape index (κ2) is 6.88. The second-order valence-electron chi connectivity index (χ2n) is 5.00. The van der Waals surface area contributed by atoms with E-state index in [0.717, 1.165) is 17.3 Å². The lowest BCUT2D eigenvalue weighted by Crippen LogP contribution is -2.35. The highest BCUT2D eigenvalue weighted by Gasteiger charge is 2.13. The van der Waals surface area contributed by atoms with Gasteiger partial charge in [0.1, 0.15) is 0 Å². The predicted octanol–water partition coefficient (Wildman–Crippen LogP) is 1.60. The van der Waals surface area contributed by atoms with E-state index in [1.54, 1.807) is 0 Å². The molecule has 6 heteroatoms. The summed E-state index contributed by atoms with van der Waals surface area (Å²) in [5.41, 5.74) is 1.17. The summed E-state index contributed by atoms with van der Waals surface area (Å²) < 4.78 is 0. The molecule has 1 atom stereocenters. The van der Waals surface area contributed by atoms with E-state index in [0.29, 0.717) is 12.2 Å². The first-order chi connectivity index (χ1) is 10.1. The number of H-pyrrole nitrogens is 1. The molecule has 0 aliphatic carbocycles. The Labute approximate surface area is 123 Å². The molecule has 0 radical (unpaired) electrons. The molecule has 1 aromatic carbocycles. The third kappa shape index (κ3) is 3.81. The lowest BCUT2D eigenvalue weighted by Gasteiger charge is -2.11. The Balaban J connectivity index is 1.86. The largest absolute Gasteiger partial charge is 0.354 e. The summed E-state index contributed by atoms with van der Waals surface area (Å²) in [5, 5.41) is 13.2. The Morgan fingerprint density at radius 3 is 2.86 bits per heavy atom. The van der Waals surface area contributed by atoms with Crippen molar-refractivity contribution >= 4 is 22.7 Å². The molecule has 0 saturated carbocycles. The Hall–Kier alpha value is -2.37. The number of aromatic nitrogens is 2. The van der Waals surface area contributed by atoms with E-state index in [2.05, 4.69) is 20.8 Å². The van der Waals surface area contributed by atoms with Crippen LogP contribution in [0.15, 0.2) is 24.3 Å². The summed E-state index contributed by atoms with van der Waals surface area (Å²) in [6.45, 7) is 4.25. The molecule has 2 aromatic rings. The van der Waals surface area contributed by atoms with E-state index >= 15 is 0 Å². The van der Waals surface area contributed by atoms with Crippen molar-refractivity contribution in [2.45, 2.75) is 32.7 Å². The highest BCUT2D eigenvalue weighted by molar-refractivity contribution is 6.04. The van der Waals surface area contributed by atoms with Crippen LogP contribution in [0.3, 0.4) is 0 Å². The number of hydrogen-bond acceptors (Lipinski definition) is 3. The van der Waals surface area contributed by atoms with Gasteiger partial charge in [-0.15, -0.1) is 0 Å². The summed E-state index contributed by atoms with van der Waals surface area (Å²) >= 11 is 0. The molecule has 1 heterocycles. The summed E-state index contributed by atoms with van der Waals surface area (Å²) in [6.07, 6.45) is 1.15. The molecule has 3 N–H and O–H groups in total. The van der Waals surface area contributed by atoms with Crippen molar-refractivity contribution in [3.63, 3.8) is 0 Å². The van der Waals surface area contributed by atoms with Crippen LogP contribution < -0.4 is 10.6 Å². The maximum Gasteiger partial charge on any atom is 0.272 e. The van der Waals surface area contributed by atoms with Crippen LogP contribution in [0.1, 0.15) is 37.2 Å². The molecule has 0 unspecified atom stereocenters. The van der Waals surface area contributed by atoms with E-state index in [-0.39, 0.29) is 24.3 Å². The SMILES string of the molecule is CC[C@H](C)NC(=O)CCNC(=O)c1n[nH]c2ccccc12. The topological polar surface area (TPSA) is 86.9 Å². The second-order valence-corrected chi connectivity index (χ2v) is 5.00. The first kappa shape index (κ1) is 15.0. The molecule has 2 rings (SSSR count). The van der Waals surface area contributed by atoms with Crippen molar-refractivity contribution in [1.29, 1.82) is 0 Å². The van der Waals surface area contributed by atoms with E-state index in [9.17, 15) is 9.59 Å². The standard InChI is InChI=1S/C15H20N4O2/c1-3-10(2)17-13(20)8-9-16-15(21)14-11-6-4-5-7-12(11)18-19-14/h4-7,10H,3,8-9H2,1-2H3,(H,16,21)(H,17,20)(H,18,19)/t10-/m0/s1. The minimum atomic E-state index is -0.274. The van der Waals surface area contributed by atoms with E-state index in [4.69, 9.17) is 0 Å². The number of amides is 2. The number of para-hydroxylation sites is 1. The molecule has 0 aliphatic rings. The van der Waals surface area contributed by atoms with Crippen LogP contribution in [0.25, 0.3) is 10.9 Å². The number of benzene rings is 1. The van der Waals surface area contributed by atoms with Crippen LogP contribution in [-0.4, -0.2) is 34.6 Å². The highest BCUT2D eigenvalue weighted by atomic mass is 16.2. The fourth-order valence-corrected chi connectivity index (χ4v) is 1.96. The van der Waals surface area contributed by atoms with Gasteiger partial charge in [0.05, 0.1) is 5.52 Å². The first-order valence-corrected chi connectivity index (χ1v) is 7.12. The number of rotatable bonds is 6. The molecule has 0 fully saturated rings. The van der Waals surface area contributed by atoms with E-state index in [1.165, 1.54) is 0 Å². The Kier molecular flexibility index (Phi) is 4.92. The number of nitrogens with one attached hydrogen (secondary N) is 3. The Morgan fingerprint density at radius 1 is 1.33 bits per heavy atom. The Bertz CT molecular complexity index is 635. The molecule has 2 amide bonds. The smallest absolute Gasteiger partial charge is 0.272 e. The highest BCUT2D eigenvalue weighted by Crippen LogP contribution is 2.14. The van der Waals surface area contributed by atoms with Gasteiger partial charge in [-0.2, -0.15) is 5.10 Å². The molecular weight excluding hydrogens is 268 g/mol. The van der Waals surface area contributed by atoms with Gasteiger partial charge in [0.15, 0.2) is 5.69 Å². The lowest BCUT2D eigenvalue weighted by atomic mass is 10.2. The van der Waals surface area contributed by atoms with Gasteiger partial charge in [-0.3, -0.25) is 14.7 Å². The zero-order valence-electron chi connectivity index (χ0n) is 12.3. The average Bonchev–Trinajstić information content (AvgIpc) is 2.91. The Morgan fingerprint density at radius 2 is 2.10 bits per heavy atom. The summed E-state index contributed by atoms with van der Waals surface area (Å²) in [5.74, 6) is -0.333. The first-order valence-electron chi connectivity index (χ1n) is 7.12. The van der Waals surface area contributed by atoms with Crippen molar-refractivity contribution < 1.29 is 9.59 Å². The monoisotopic (exact) mass is 288 g/mol. The molecule has 0 aliphatic heterocycles. The minimum absolute atomic E-state index is 0.0588. The van der Waals surface area contributed by atoms with Crippen molar-refractivity contribution in [2.24, 2.45) is 0 Å². The van der Waals surface area contributed by atoms with Crippen LogP contribution in [0.4, 0.5) is 0 Å². The van der Waals surface area contributed by atoms with Crippen LogP contribution in [0, 0.1) is 0 Å². The fraction of sp³-hybridized carbons (Fsp3) is 0.400. The molecular formula is C15H20N4O2. The number of fused-ring (bicyclic) bond motifs is 1. The number of carbonyl (C=O) groups is 2. The quantitative estimate of drug-likeness (QED) is 0.754. The van der Waals surface area contributed by atoms with E-state index < -0.39 is 0 Å². The summed E-state index contributed by atoms with van der Waals surface area (Å²) in [4.78, 5) is 23.7. The van der Waals surface area contributed by atoms with Gasteiger partial charge in [-0.25, -0.2) is 0 Å². The predicted molar refractivity (Wildman–Crippen MR) is 80.9 cm³/mol. The van der Waals surface area contributed by atoms with Crippen molar-refractivity contribution in [1.82, 2.24) is 20.8 Å². The number of carbonyl (C=O) groups excluding carboxylic acids is 2. The maximum atomic E-state index is 12.1. The molecule has 0 spiro atoms. The molecule has 0 bridgehead atoms. The third-order valence-electron chi connectivity index (χ3n) is 3.34. The molecule has 1 aromatic heterocycles. The zero-order valence-corrected chi connectivity index (χ0v) is 12.3. The maximum absolute atomic E-state index is 12.1. The van der Waals surface area contributed by atoms with Crippen LogP contribution >= 0.6 is 0 Å². The number of aromatic amines is 1.